The summed E-state index contributed by atoms with van der Waals surface area (Å²) in [5.74, 6) is 1.60. The molecule has 0 amide bonds. The molecular formula is C17H20N2O3. The van der Waals surface area contributed by atoms with E-state index in [1.165, 1.54) is 6.20 Å². The Morgan fingerprint density at radius 3 is 2.32 bits per heavy atom. The number of hydrogen-bond donors (Lipinski definition) is 0. The highest BCUT2D eigenvalue weighted by molar-refractivity contribution is 5.90. The van der Waals surface area contributed by atoms with Gasteiger partial charge in [0.15, 0.2) is 0 Å². The summed E-state index contributed by atoms with van der Waals surface area (Å²) in [6.07, 6.45) is 2.46. The van der Waals surface area contributed by atoms with Crippen LogP contribution in [-0.2, 0) is 0 Å². The fourth-order valence-electron chi connectivity index (χ4n) is 1.76. The molecule has 0 atom stereocenters. The van der Waals surface area contributed by atoms with Crippen LogP contribution in [0.3, 0.4) is 0 Å². The van der Waals surface area contributed by atoms with E-state index in [4.69, 9.17) is 9.47 Å². The van der Waals surface area contributed by atoms with Gasteiger partial charge < -0.3 is 14.4 Å². The summed E-state index contributed by atoms with van der Waals surface area (Å²) < 4.78 is 10.8. The smallest absolute Gasteiger partial charge is 0.345 e. The molecule has 1 heterocycles. The first-order valence-corrected chi connectivity index (χ1v) is 7.18. The summed E-state index contributed by atoms with van der Waals surface area (Å²) in [6, 6.07) is 10.5. The molecule has 116 valence electrons. The van der Waals surface area contributed by atoms with Crippen LogP contribution in [0.2, 0.25) is 0 Å². The number of pyridine rings is 1. The van der Waals surface area contributed by atoms with Crippen molar-refractivity contribution in [2.45, 2.75) is 13.3 Å². The van der Waals surface area contributed by atoms with Crippen LogP contribution in [0.15, 0.2) is 42.6 Å². The van der Waals surface area contributed by atoms with E-state index in [9.17, 15) is 4.79 Å². The predicted molar refractivity (Wildman–Crippen MR) is 85.8 cm³/mol. The van der Waals surface area contributed by atoms with Gasteiger partial charge in [-0.05, 0) is 42.8 Å². The highest BCUT2D eigenvalue weighted by Crippen LogP contribution is 2.19. The zero-order valence-electron chi connectivity index (χ0n) is 13.1. The summed E-state index contributed by atoms with van der Waals surface area (Å²) in [6.45, 7) is 2.72. The van der Waals surface area contributed by atoms with Gasteiger partial charge in [-0.15, -0.1) is 0 Å². The van der Waals surface area contributed by atoms with Gasteiger partial charge in [-0.2, -0.15) is 0 Å². The molecule has 2 rings (SSSR count). The van der Waals surface area contributed by atoms with Crippen LogP contribution in [0.25, 0.3) is 0 Å². The number of benzene rings is 1. The van der Waals surface area contributed by atoms with Crippen LogP contribution in [0.4, 0.5) is 5.82 Å². The van der Waals surface area contributed by atoms with E-state index in [0.29, 0.717) is 17.9 Å². The van der Waals surface area contributed by atoms with Gasteiger partial charge in [0.2, 0.25) is 0 Å². The summed E-state index contributed by atoms with van der Waals surface area (Å²) in [4.78, 5) is 18.1. The number of rotatable bonds is 6. The van der Waals surface area contributed by atoms with E-state index in [1.54, 1.807) is 36.4 Å². The van der Waals surface area contributed by atoms with Crippen molar-refractivity contribution >= 4 is 11.8 Å². The number of carbonyl (C=O) groups excluding carboxylic acids is 1. The molecule has 0 aliphatic heterocycles. The molecule has 0 fully saturated rings. The Kier molecular flexibility index (Phi) is 5.36. The van der Waals surface area contributed by atoms with Crippen molar-refractivity contribution in [1.29, 1.82) is 0 Å². The molecule has 5 heteroatoms. The third-order valence-corrected chi connectivity index (χ3v) is 2.95. The lowest BCUT2D eigenvalue weighted by Crippen LogP contribution is -2.13. The van der Waals surface area contributed by atoms with E-state index < -0.39 is 5.97 Å². The van der Waals surface area contributed by atoms with Gasteiger partial charge in [0.1, 0.15) is 17.3 Å². The lowest BCUT2D eigenvalue weighted by Gasteiger charge is -2.11. The highest BCUT2D eigenvalue weighted by Gasteiger charge is 2.10. The van der Waals surface area contributed by atoms with E-state index in [2.05, 4.69) is 4.98 Å². The van der Waals surface area contributed by atoms with Crippen molar-refractivity contribution in [1.82, 2.24) is 4.98 Å². The zero-order valence-corrected chi connectivity index (χ0v) is 13.1. The van der Waals surface area contributed by atoms with Crippen LogP contribution in [0.1, 0.15) is 23.7 Å². The first-order valence-electron chi connectivity index (χ1n) is 7.18. The first-order chi connectivity index (χ1) is 10.6. The number of nitrogens with zero attached hydrogens (tertiary/aromatic N) is 2. The average molecular weight is 300 g/mol. The van der Waals surface area contributed by atoms with Gasteiger partial charge in [-0.1, -0.05) is 6.92 Å². The van der Waals surface area contributed by atoms with Crippen LogP contribution < -0.4 is 14.4 Å². The maximum Gasteiger partial charge on any atom is 0.345 e. The number of esters is 1. The first kappa shape index (κ1) is 15.8. The van der Waals surface area contributed by atoms with Crippen molar-refractivity contribution in [3.05, 3.63) is 48.2 Å². The fourth-order valence-corrected chi connectivity index (χ4v) is 1.76. The average Bonchev–Trinajstić information content (AvgIpc) is 2.54. The van der Waals surface area contributed by atoms with Crippen molar-refractivity contribution in [3.63, 3.8) is 0 Å². The lowest BCUT2D eigenvalue weighted by molar-refractivity contribution is 0.0734. The second kappa shape index (κ2) is 7.45. The Hall–Kier alpha value is -2.56. The minimum atomic E-state index is -0.431. The standard InChI is InChI=1S/C17H20N2O3/c1-4-11-21-14-6-8-15(9-7-14)22-17(20)13-5-10-16(18-12-13)19(2)3/h5-10,12H,4,11H2,1-3H3. The quantitative estimate of drug-likeness (QED) is 0.606. The molecule has 5 nitrogen and oxygen atoms in total. The van der Waals surface area contributed by atoms with Crippen molar-refractivity contribution < 1.29 is 14.3 Å². The Morgan fingerprint density at radius 2 is 1.77 bits per heavy atom. The molecule has 0 aliphatic carbocycles. The molecule has 0 unspecified atom stereocenters. The van der Waals surface area contributed by atoms with E-state index in [0.717, 1.165) is 18.0 Å². The third kappa shape index (κ3) is 4.22. The zero-order chi connectivity index (χ0) is 15.9. The van der Waals surface area contributed by atoms with Crippen LogP contribution in [0, 0.1) is 0 Å². The topological polar surface area (TPSA) is 51.7 Å². The van der Waals surface area contributed by atoms with Crippen molar-refractivity contribution in [3.8, 4) is 11.5 Å². The molecule has 0 spiro atoms. The summed E-state index contributed by atoms with van der Waals surface area (Å²) in [5.41, 5.74) is 0.414. The van der Waals surface area contributed by atoms with Crippen molar-refractivity contribution in [2.75, 3.05) is 25.6 Å². The van der Waals surface area contributed by atoms with Crippen molar-refractivity contribution in [2.24, 2.45) is 0 Å². The maximum atomic E-state index is 12.0. The second-order valence-electron chi connectivity index (χ2n) is 5.01. The summed E-state index contributed by atoms with van der Waals surface area (Å²) >= 11 is 0. The van der Waals surface area contributed by atoms with Gasteiger partial charge in [0.05, 0.1) is 12.2 Å². The Morgan fingerprint density at radius 1 is 1.09 bits per heavy atom. The molecule has 22 heavy (non-hydrogen) atoms. The van der Waals surface area contributed by atoms with Gasteiger partial charge >= 0.3 is 5.97 Å². The van der Waals surface area contributed by atoms with Crippen LogP contribution in [0.5, 0.6) is 11.5 Å². The Labute approximate surface area is 130 Å². The minimum Gasteiger partial charge on any atom is -0.494 e. The summed E-state index contributed by atoms with van der Waals surface area (Å²) in [5, 5.41) is 0. The number of anilines is 1. The highest BCUT2D eigenvalue weighted by atomic mass is 16.5. The van der Waals surface area contributed by atoms with E-state index >= 15 is 0 Å². The van der Waals surface area contributed by atoms with Gasteiger partial charge in [-0.3, -0.25) is 0 Å². The van der Waals surface area contributed by atoms with Crippen LogP contribution >= 0.6 is 0 Å². The molecular weight excluding hydrogens is 280 g/mol. The normalized spacial score (nSPS) is 10.1. The molecule has 0 N–H and O–H groups in total. The number of carbonyl (C=O) groups is 1. The van der Waals surface area contributed by atoms with Gasteiger partial charge in [0.25, 0.3) is 0 Å². The minimum absolute atomic E-state index is 0.414. The van der Waals surface area contributed by atoms with Gasteiger partial charge in [0, 0.05) is 20.3 Å². The third-order valence-electron chi connectivity index (χ3n) is 2.95. The largest absolute Gasteiger partial charge is 0.494 e. The molecule has 0 saturated heterocycles. The predicted octanol–water partition coefficient (Wildman–Crippen LogP) is 3.16. The second-order valence-corrected chi connectivity index (χ2v) is 5.01. The van der Waals surface area contributed by atoms with E-state index in [-0.39, 0.29) is 0 Å². The molecule has 1 aromatic carbocycles. The molecule has 0 bridgehead atoms. The summed E-state index contributed by atoms with van der Waals surface area (Å²) in [7, 11) is 3.78. The molecule has 0 saturated carbocycles. The van der Waals surface area contributed by atoms with Gasteiger partial charge in [-0.25, -0.2) is 9.78 Å². The lowest BCUT2D eigenvalue weighted by atomic mass is 10.3. The Balaban J connectivity index is 1.99. The van der Waals surface area contributed by atoms with Crippen LogP contribution in [-0.4, -0.2) is 31.7 Å². The molecule has 2 aromatic rings. The molecule has 0 aliphatic rings. The number of aromatic nitrogens is 1. The molecule has 0 radical (unpaired) electrons. The maximum absolute atomic E-state index is 12.0. The molecule has 1 aromatic heterocycles. The van der Waals surface area contributed by atoms with E-state index in [1.807, 2.05) is 25.9 Å². The number of hydrogen-bond acceptors (Lipinski definition) is 5. The fraction of sp³-hybridized carbons (Fsp3) is 0.294. The monoisotopic (exact) mass is 300 g/mol. The SMILES string of the molecule is CCCOc1ccc(OC(=O)c2ccc(N(C)C)nc2)cc1. The number of ether oxygens (including phenoxy) is 2. The Bertz CT molecular complexity index is 607.